The molecule has 4 heterocycles. The van der Waals surface area contributed by atoms with Crippen LogP contribution < -0.4 is 10.9 Å². The number of aromatic hydroxyl groups is 1. The Balaban J connectivity index is 1.52. The van der Waals surface area contributed by atoms with Crippen LogP contribution in [0.3, 0.4) is 0 Å². The molecule has 0 bridgehead atoms. The fourth-order valence-electron chi connectivity index (χ4n) is 4.86. The van der Waals surface area contributed by atoms with Crippen LogP contribution in [0.5, 0.6) is 5.88 Å². The van der Waals surface area contributed by atoms with Crippen LogP contribution in [0, 0.1) is 5.92 Å². The molecule has 2 fully saturated rings. The molecule has 2 aliphatic heterocycles. The third-order valence-corrected chi connectivity index (χ3v) is 7.01. The van der Waals surface area contributed by atoms with Crippen molar-refractivity contribution in [2.45, 2.75) is 71.1 Å². The topological polar surface area (TPSA) is 127 Å². The third kappa shape index (κ3) is 5.36. The maximum absolute atomic E-state index is 13.4. The highest BCUT2D eigenvalue weighted by atomic mass is 16.6. The van der Waals surface area contributed by atoms with Gasteiger partial charge >= 0.3 is 6.09 Å². The summed E-state index contributed by atoms with van der Waals surface area (Å²) in [4.78, 5) is 40.4. The van der Waals surface area contributed by atoms with Crippen LogP contribution in [0.25, 0.3) is 11.2 Å². The fourth-order valence-corrected chi connectivity index (χ4v) is 4.86. The Bertz CT molecular complexity index is 1290. The summed E-state index contributed by atoms with van der Waals surface area (Å²) in [5, 5.41) is 18.5. The van der Waals surface area contributed by atoms with Crippen molar-refractivity contribution in [3.05, 3.63) is 33.8 Å². The number of hydrogen-bond acceptors (Lipinski definition) is 7. The van der Waals surface area contributed by atoms with Crippen molar-refractivity contribution < 1.29 is 24.2 Å². The van der Waals surface area contributed by atoms with Crippen molar-refractivity contribution in [1.29, 1.82) is 0 Å². The normalized spacial score (nSPS) is 19.1. The van der Waals surface area contributed by atoms with Crippen LogP contribution in [0.15, 0.2) is 17.1 Å². The van der Waals surface area contributed by atoms with Crippen molar-refractivity contribution in [2.75, 3.05) is 26.3 Å². The zero-order chi connectivity index (χ0) is 26.3. The van der Waals surface area contributed by atoms with Crippen molar-refractivity contribution in [3.8, 4) is 5.88 Å². The van der Waals surface area contributed by atoms with Gasteiger partial charge in [0.25, 0.3) is 11.5 Å². The molecule has 2 N–H and O–H groups in total. The fraction of sp³-hybridized carbons (Fsp3) is 0.615. The van der Waals surface area contributed by atoms with Crippen LogP contribution in [0.1, 0.15) is 68.8 Å². The minimum atomic E-state index is -0.646. The first-order valence-corrected chi connectivity index (χ1v) is 13.0. The molecule has 0 spiro atoms. The molecule has 2 aromatic rings. The van der Waals surface area contributed by atoms with Gasteiger partial charge in [0, 0.05) is 44.5 Å². The lowest BCUT2D eigenvalue weighted by molar-refractivity contribution is 0.0270. The first-order valence-electron chi connectivity index (χ1n) is 13.0. The summed E-state index contributed by atoms with van der Waals surface area (Å²) in [6.07, 6.45) is 7.07. The summed E-state index contributed by atoms with van der Waals surface area (Å²) in [6, 6.07) is 0.0411. The largest absolute Gasteiger partial charge is 0.494 e. The first kappa shape index (κ1) is 25.3. The summed E-state index contributed by atoms with van der Waals surface area (Å²) in [5.41, 5.74) is 0.572. The van der Waals surface area contributed by atoms with Gasteiger partial charge in [0.1, 0.15) is 11.2 Å². The van der Waals surface area contributed by atoms with E-state index in [9.17, 15) is 19.5 Å². The number of carbonyl (C=O) groups excluding carboxylic acids is 2. The molecular weight excluding hydrogens is 478 g/mol. The Labute approximate surface area is 215 Å². The van der Waals surface area contributed by atoms with Gasteiger partial charge < -0.3 is 24.8 Å². The monoisotopic (exact) mass is 513 g/mol. The molecule has 3 aliphatic rings. The molecule has 11 heteroatoms. The maximum atomic E-state index is 13.4. The summed E-state index contributed by atoms with van der Waals surface area (Å²) in [6.45, 7) is 8.01. The van der Waals surface area contributed by atoms with Gasteiger partial charge in [-0.25, -0.2) is 4.79 Å². The maximum Gasteiger partial charge on any atom is 0.410 e. The molecule has 200 valence electrons. The lowest BCUT2D eigenvalue weighted by atomic mass is 9.99. The SMILES string of the molecule is CC(C)(C)OC(=O)N1CC=C(c2cnn3c(=O)c(C(=O)NC4CC4)c(O)n(CC4CCOCC4)c23)CC1. The third-order valence-electron chi connectivity index (χ3n) is 7.01. The molecular formula is C26H35N5O6. The van der Waals surface area contributed by atoms with Gasteiger partial charge in [-0.3, -0.25) is 14.2 Å². The molecule has 0 atom stereocenters. The number of hydrogen-bond donors (Lipinski definition) is 2. The van der Waals surface area contributed by atoms with Crippen LogP contribution >= 0.6 is 0 Å². The summed E-state index contributed by atoms with van der Waals surface area (Å²) >= 11 is 0. The molecule has 1 aliphatic carbocycles. The minimum absolute atomic E-state index is 0.0411. The number of nitrogens with zero attached hydrogens (tertiary/aromatic N) is 4. The van der Waals surface area contributed by atoms with Gasteiger partial charge in [-0.05, 0) is 64.4 Å². The zero-order valence-corrected chi connectivity index (χ0v) is 21.7. The molecule has 0 unspecified atom stereocenters. The van der Waals surface area contributed by atoms with Gasteiger partial charge in [-0.15, -0.1) is 0 Å². The van der Waals surface area contributed by atoms with E-state index < -0.39 is 17.1 Å². The molecule has 2 amide bonds. The summed E-state index contributed by atoms with van der Waals surface area (Å²) < 4.78 is 13.9. The number of ether oxygens (including phenoxy) is 2. The van der Waals surface area contributed by atoms with E-state index in [4.69, 9.17) is 9.47 Å². The molecule has 0 radical (unpaired) electrons. The lowest BCUT2D eigenvalue weighted by Crippen LogP contribution is -2.39. The number of carbonyl (C=O) groups is 2. The minimum Gasteiger partial charge on any atom is -0.494 e. The highest BCUT2D eigenvalue weighted by molar-refractivity contribution is 5.97. The highest BCUT2D eigenvalue weighted by Gasteiger charge is 2.32. The second-order valence-corrected chi connectivity index (χ2v) is 11.1. The lowest BCUT2D eigenvalue weighted by Gasteiger charge is -2.29. The molecule has 11 nitrogen and oxygen atoms in total. The highest BCUT2D eigenvalue weighted by Crippen LogP contribution is 2.31. The Morgan fingerprint density at radius 1 is 1.22 bits per heavy atom. The van der Waals surface area contributed by atoms with Gasteiger partial charge in [0.15, 0.2) is 5.56 Å². The molecule has 37 heavy (non-hydrogen) atoms. The Kier molecular flexibility index (Phi) is 6.74. The van der Waals surface area contributed by atoms with E-state index in [1.54, 1.807) is 15.7 Å². The average Bonchev–Trinajstić information content (AvgIpc) is 3.55. The molecule has 1 saturated heterocycles. The predicted octanol–water partition coefficient (Wildman–Crippen LogP) is 2.54. The quantitative estimate of drug-likeness (QED) is 0.629. The Hall–Kier alpha value is -3.34. The second-order valence-electron chi connectivity index (χ2n) is 11.1. The number of nitrogens with one attached hydrogen (secondary N) is 1. The van der Waals surface area contributed by atoms with E-state index in [0.717, 1.165) is 31.3 Å². The van der Waals surface area contributed by atoms with Gasteiger partial charge in [-0.2, -0.15) is 9.61 Å². The summed E-state index contributed by atoms with van der Waals surface area (Å²) in [5.74, 6) is -0.693. The van der Waals surface area contributed by atoms with Gasteiger partial charge in [0.2, 0.25) is 5.88 Å². The smallest absolute Gasteiger partial charge is 0.410 e. The average molecular weight is 514 g/mol. The van der Waals surface area contributed by atoms with Crippen molar-refractivity contribution in [1.82, 2.24) is 24.4 Å². The molecule has 0 aromatic carbocycles. The van der Waals surface area contributed by atoms with Gasteiger partial charge in [-0.1, -0.05) is 6.08 Å². The van der Waals surface area contributed by atoms with Crippen molar-refractivity contribution >= 4 is 23.2 Å². The number of fused-ring (bicyclic) bond motifs is 1. The molecule has 1 saturated carbocycles. The van der Waals surface area contributed by atoms with E-state index in [0.29, 0.717) is 50.5 Å². The van der Waals surface area contributed by atoms with E-state index in [2.05, 4.69) is 10.4 Å². The molecule has 2 aromatic heterocycles. The van der Waals surface area contributed by atoms with Gasteiger partial charge in [0.05, 0.1) is 6.20 Å². The Morgan fingerprint density at radius 3 is 2.57 bits per heavy atom. The predicted molar refractivity (Wildman–Crippen MR) is 136 cm³/mol. The standard InChI is InChI=1S/C26H35N5O6/c1-26(2,3)37-25(35)29-10-6-17(7-11-29)19-14-27-31-22(19)30(15-16-8-12-36-13-9-16)23(33)20(24(31)34)21(32)28-18-4-5-18/h6,14,16,18,33H,4-5,7-13,15H2,1-3H3,(H,28,32). The van der Waals surface area contributed by atoms with E-state index >= 15 is 0 Å². The van der Waals surface area contributed by atoms with Crippen LogP contribution in [-0.2, 0) is 16.0 Å². The van der Waals surface area contributed by atoms with E-state index in [1.165, 1.54) is 4.52 Å². The van der Waals surface area contributed by atoms with Crippen LogP contribution in [0.4, 0.5) is 4.79 Å². The number of aromatic nitrogens is 3. The van der Waals surface area contributed by atoms with Crippen LogP contribution in [0.2, 0.25) is 0 Å². The number of rotatable bonds is 5. The first-order chi connectivity index (χ1) is 17.6. The number of amides is 2. The zero-order valence-electron chi connectivity index (χ0n) is 21.7. The van der Waals surface area contributed by atoms with E-state index in [1.807, 2.05) is 26.8 Å². The van der Waals surface area contributed by atoms with Crippen LogP contribution in [-0.4, -0.2) is 74.1 Å². The Morgan fingerprint density at radius 2 is 1.95 bits per heavy atom. The van der Waals surface area contributed by atoms with E-state index in [-0.39, 0.29) is 29.5 Å². The molecule has 5 rings (SSSR count). The van der Waals surface area contributed by atoms with Crippen molar-refractivity contribution in [3.63, 3.8) is 0 Å². The second kappa shape index (κ2) is 9.85. The van der Waals surface area contributed by atoms with Crippen molar-refractivity contribution in [2.24, 2.45) is 5.92 Å². The summed E-state index contributed by atoms with van der Waals surface area (Å²) in [7, 11) is 0.